The van der Waals surface area contributed by atoms with Gasteiger partial charge in [-0.15, -0.1) is 0 Å². The molecule has 0 spiro atoms. The van der Waals surface area contributed by atoms with Crippen molar-refractivity contribution < 1.29 is 17.9 Å². The van der Waals surface area contributed by atoms with Crippen molar-refractivity contribution >= 4 is 15.8 Å². The molecule has 1 rings (SSSR count). The molecule has 1 saturated carbocycles. The molecule has 0 bridgehead atoms. The minimum atomic E-state index is -3.34. The lowest BCUT2D eigenvalue weighted by molar-refractivity contribution is -0.139. The van der Waals surface area contributed by atoms with Crippen LogP contribution in [0.25, 0.3) is 0 Å². The van der Waals surface area contributed by atoms with E-state index in [0.717, 1.165) is 19.3 Å². The van der Waals surface area contributed by atoms with E-state index in [1.54, 1.807) is 6.92 Å². The molecule has 0 aromatic heterocycles. The van der Waals surface area contributed by atoms with Crippen molar-refractivity contribution in [3.05, 3.63) is 0 Å². The number of carbonyl (C=O) groups excluding carboxylic acids is 1. The Morgan fingerprint density at radius 3 is 2.65 bits per heavy atom. The quantitative estimate of drug-likeness (QED) is 0.704. The predicted octanol–water partition coefficient (Wildman–Crippen LogP) is 0.482. The van der Waals surface area contributed by atoms with E-state index in [2.05, 4.69) is 4.74 Å². The maximum atomic E-state index is 11.6. The van der Waals surface area contributed by atoms with E-state index in [4.69, 9.17) is 5.73 Å². The van der Waals surface area contributed by atoms with Crippen molar-refractivity contribution in [1.29, 1.82) is 0 Å². The summed E-state index contributed by atoms with van der Waals surface area (Å²) in [7, 11) is -3.34. The van der Waals surface area contributed by atoms with Crippen molar-refractivity contribution in [3.8, 4) is 0 Å². The van der Waals surface area contributed by atoms with Gasteiger partial charge in [-0.3, -0.25) is 4.79 Å². The van der Waals surface area contributed by atoms with Crippen molar-refractivity contribution in [1.82, 2.24) is 0 Å². The summed E-state index contributed by atoms with van der Waals surface area (Å²) in [6, 6.07) is 0.118. The Morgan fingerprint density at radius 2 is 2.12 bits per heavy atom. The van der Waals surface area contributed by atoms with Crippen molar-refractivity contribution in [2.24, 2.45) is 11.7 Å². The van der Waals surface area contributed by atoms with Gasteiger partial charge in [0, 0.05) is 6.04 Å². The third-order valence-corrected chi connectivity index (χ3v) is 4.69. The first-order valence-corrected chi connectivity index (χ1v) is 7.88. The van der Waals surface area contributed by atoms with E-state index in [0.29, 0.717) is 6.42 Å². The molecule has 5 nitrogen and oxygen atoms in total. The van der Waals surface area contributed by atoms with E-state index >= 15 is 0 Å². The standard InChI is InChI=1S/C11H21NO4S/c1-2-16-11(13)8-17(14,15)7-6-9-4-3-5-10(9)12/h9-10H,2-8,12H2,1H3. The van der Waals surface area contributed by atoms with Crippen LogP contribution in [0, 0.1) is 5.92 Å². The van der Waals surface area contributed by atoms with E-state index < -0.39 is 21.6 Å². The second-order valence-corrected chi connectivity index (χ2v) is 6.72. The van der Waals surface area contributed by atoms with Gasteiger partial charge in [-0.05, 0) is 32.1 Å². The minimum Gasteiger partial charge on any atom is -0.465 e. The fourth-order valence-electron chi connectivity index (χ4n) is 2.21. The lowest BCUT2D eigenvalue weighted by atomic mass is 10.0. The highest BCUT2D eigenvalue weighted by Gasteiger charge is 2.26. The van der Waals surface area contributed by atoms with Gasteiger partial charge in [0.15, 0.2) is 9.84 Å². The second-order valence-electron chi connectivity index (χ2n) is 4.54. The van der Waals surface area contributed by atoms with Gasteiger partial charge in [0.1, 0.15) is 5.75 Å². The third-order valence-electron chi connectivity index (χ3n) is 3.16. The lowest BCUT2D eigenvalue weighted by Gasteiger charge is -2.14. The summed E-state index contributed by atoms with van der Waals surface area (Å²) in [5.41, 5.74) is 5.87. The number of esters is 1. The first-order valence-electron chi connectivity index (χ1n) is 6.06. The highest BCUT2D eigenvalue weighted by Crippen LogP contribution is 2.27. The van der Waals surface area contributed by atoms with Gasteiger partial charge >= 0.3 is 5.97 Å². The first kappa shape index (κ1) is 14.4. The van der Waals surface area contributed by atoms with Crippen LogP contribution in [0.5, 0.6) is 0 Å². The van der Waals surface area contributed by atoms with Gasteiger partial charge in [0.05, 0.1) is 12.4 Å². The maximum Gasteiger partial charge on any atom is 0.321 e. The number of rotatable bonds is 6. The topological polar surface area (TPSA) is 86.5 Å². The third kappa shape index (κ3) is 5.04. The van der Waals surface area contributed by atoms with Crippen LogP contribution in [0.2, 0.25) is 0 Å². The van der Waals surface area contributed by atoms with Crippen LogP contribution in [0.3, 0.4) is 0 Å². The molecule has 6 heteroatoms. The van der Waals surface area contributed by atoms with E-state index in [9.17, 15) is 13.2 Å². The monoisotopic (exact) mass is 263 g/mol. The summed E-state index contributed by atoms with van der Waals surface area (Å²) in [6.45, 7) is 1.86. The van der Waals surface area contributed by atoms with Gasteiger partial charge in [0.25, 0.3) is 0 Å². The van der Waals surface area contributed by atoms with Gasteiger partial charge in [-0.25, -0.2) is 8.42 Å². The highest BCUT2D eigenvalue weighted by molar-refractivity contribution is 7.92. The molecule has 2 N–H and O–H groups in total. The zero-order chi connectivity index (χ0) is 12.9. The molecule has 0 radical (unpaired) electrons. The zero-order valence-corrected chi connectivity index (χ0v) is 11.0. The number of nitrogens with two attached hydrogens (primary N) is 1. The molecule has 17 heavy (non-hydrogen) atoms. The molecule has 0 amide bonds. The molecule has 0 aromatic rings. The number of carbonyl (C=O) groups is 1. The molecule has 1 aliphatic rings. The highest BCUT2D eigenvalue weighted by atomic mass is 32.2. The predicted molar refractivity (Wildman–Crippen MR) is 65.2 cm³/mol. The molecular formula is C11H21NO4S. The van der Waals surface area contributed by atoms with Crippen molar-refractivity contribution in [2.75, 3.05) is 18.1 Å². The second kappa shape index (κ2) is 6.35. The summed E-state index contributed by atoms with van der Waals surface area (Å²) in [5, 5.41) is 0. The van der Waals surface area contributed by atoms with Crippen LogP contribution >= 0.6 is 0 Å². The first-order chi connectivity index (χ1) is 7.94. The molecular weight excluding hydrogens is 242 g/mol. The van der Waals surface area contributed by atoms with Crippen molar-refractivity contribution in [3.63, 3.8) is 0 Å². The minimum absolute atomic E-state index is 0.0319. The van der Waals surface area contributed by atoms with Gasteiger partial charge < -0.3 is 10.5 Å². The SMILES string of the molecule is CCOC(=O)CS(=O)(=O)CCC1CCCC1N. The van der Waals surface area contributed by atoms with Crippen LogP contribution in [0.4, 0.5) is 0 Å². The number of hydrogen-bond acceptors (Lipinski definition) is 5. The fraction of sp³-hybridized carbons (Fsp3) is 0.909. The Hall–Kier alpha value is -0.620. The normalized spacial score (nSPS) is 24.8. The van der Waals surface area contributed by atoms with Crippen LogP contribution in [-0.2, 0) is 19.4 Å². The summed E-state index contributed by atoms with van der Waals surface area (Å²) in [6.07, 6.45) is 3.60. The van der Waals surface area contributed by atoms with Crippen LogP contribution < -0.4 is 5.73 Å². The summed E-state index contributed by atoms with van der Waals surface area (Å²) < 4.78 is 27.9. The number of ether oxygens (including phenoxy) is 1. The Morgan fingerprint density at radius 1 is 1.41 bits per heavy atom. The van der Waals surface area contributed by atoms with Gasteiger partial charge in [-0.1, -0.05) is 6.42 Å². The average molecular weight is 263 g/mol. The van der Waals surface area contributed by atoms with Crippen molar-refractivity contribution in [2.45, 2.75) is 38.6 Å². The molecule has 1 aliphatic carbocycles. The average Bonchev–Trinajstić information content (AvgIpc) is 2.60. The fourth-order valence-corrected chi connectivity index (χ4v) is 3.46. The maximum absolute atomic E-state index is 11.6. The Bertz CT molecular complexity index is 352. The van der Waals surface area contributed by atoms with Gasteiger partial charge in [-0.2, -0.15) is 0 Å². The van der Waals surface area contributed by atoms with E-state index in [-0.39, 0.29) is 24.3 Å². The van der Waals surface area contributed by atoms with Crippen LogP contribution in [-0.4, -0.2) is 38.5 Å². The molecule has 0 aliphatic heterocycles. The number of sulfone groups is 1. The summed E-state index contributed by atoms with van der Waals surface area (Å²) >= 11 is 0. The molecule has 1 fully saturated rings. The van der Waals surface area contributed by atoms with E-state index in [1.165, 1.54) is 0 Å². The smallest absolute Gasteiger partial charge is 0.321 e. The Balaban J connectivity index is 2.36. The van der Waals surface area contributed by atoms with Gasteiger partial charge in [0.2, 0.25) is 0 Å². The molecule has 0 aromatic carbocycles. The molecule has 2 atom stereocenters. The van der Waals surface area contributed by atoms with Crippen LogP contribution in [0.1, 0.15) is 32.6 Å². The Labute approximate surface area is 103 Å². The summed E-state index contributed by atoms with van der Waals surface area (Å²) in [4.78, 5) is 11.1. The number of hydrogen-bond donors (Lipinski definition) is 1. The molecule has 2 unspecified atom stereocenters. The summed E-state index contributed by atoms with van der Waals surface area (Å²) in [5.74, 6) is -0.859. The van der Waals surface area contributed by atoms with Crippen LogP contribution in [0.15, 0.2) is 0 Å². The molecule has 0 heterocycles. The zero-order valence-electron chi connectivity index (χ0n) is 10.2. The largest absolute Gasteiger partial charge is 0.465 e. The lowest BCUT2D eigenvalue weighted by Crippen LogP contribution is -2.28. The Kier molecular flexibility index (Phi) is 5.39. The molecule has 100 valence electrons. The molecule has 0 saturated heterocycles. The van der Waals surface area contributed by atoms with E-state index in [1.807, 2.05) is 0 Å².